The van der Waals surface area contributed by atoms with E-state index in [0.717, 1.165) is 0 Å². The smallest absolute Gasteiger partial charge is 0.301 e. The Kier molecular flexibility index (Phi) is 1.93. The molecule has 0 aliphatic rings. The summed E-state index contributed by atoms with van der Waals surface area (Å²) in [5.41, 5.74) is 0.819. The van der Waals surface area contributed by atoms with E-state index in [1.807, 2.05) is 0 Å². The van der Waals surface area contributed by atoms with Crippen LogP contribution in [-0.4, -0.2) is 10.5 Å². The number of rotatable bonds is 0. The average molecular weight is 211 g/mol. The highest BCUT2D eigenvalue weighted by Gasteiger charge is 2.10. The van der Waals surface area contributed by atoms with E-state index in [-0.39, 0.29) is 11.6 Å². The van der Waals surface area contributed by atoms with Gasteiger partial charge in [-0.15, -0.1) is 0 Å². The number of halogens is 1. The third kappa shape index (κ3) is 1.24. The van der Waals surface area contributed by atoms with Crippen molar-refractivity contribution in [2.24, 2.45) is 0 Å². The van der Waals surface area contributed by atoms with Crippen molar-refractivity contribution in [1.82, 2.24) is 4.57 Å². The second-order valence-corrected chi connectivity index (χ2v) is 3.31. The molecule has 5 heteroatoms. The Hall–Kier alpha value is -1.55. The van der Waals surface area contributed by atoms with Gasteiger partial charge in [0.15, 0.2) is 5.58 Å². The maximum Gasteiger partial charge on any atom is 0.301 e. The molecule has 0 saturated carbocycles. The lowest BCUT2D eigenvalue weighted by Gasteiger charge is -1.95. The van der Waals surface area contributed by atoms with Gasteiger partial charge in [-0.25, -0.2) is 4.57 Å². The van der Waals surface area contributed by atoms with Gasteiger partial charge >= 0.3 is 5.68 Å². The molecule has 0 atom stereocenters. The molecular weight excluding hydrogens is 204 g/mol. The number of benzene rings is 1. The Morgan fingerprint density at radius 2 is 2.29 bits per heavy atom. The first kappa shape index (κ1) is 9.02. The van der Waals surface area contributed by atoms with Gasteiger partial charge in [-0.2, -0.15) is 0 Å². The zero-order chi connectivity index (χ0) is 10.3. The van der Waals surface area contributed by atoms with Crippen molar-refractivity contribution in [2.75, 3.05) is 0 Å². The van der Waals surface area contributed by atoms with Crippen LogP contribution in [0.5, 0.6) is 0 Å². The minimum Gasteiger partial charge on any atom is -0.423 e. The molecule has 2 aromatic rings. The van der Waals surface area contributed by atoms with Gasteiger partial charge in [0.1, 0.15) is 0 Å². The lowest BCUT2D eigenvalue weighted by atomic mass is 10.3. The maximum absolute atomic E-state index is 11.2. The van der Waals surface area contributed by atoms with Crippen molar-refractivity contribution >= 4 is 28.6 Å². The van der Waals surface area contributed by atoms with E-state index in [9.17, 15) is 4.79 Å². The molecule has 0 radical (unpaired) electrons. The molecule has 0 fully saturated rings. The minimum absolute atomic E-state index is 0.185. The Morgan fingerprint density at radius 1 is 1.57 bits per heavy atom. The molecule has 0 bridgehead atoms. The van der Waals surface area contributed by atoms with Crippen LogP contribution in [0.3, 0.4) is 0 Å². The number of nitrogens with zero attached hydrogens (tertiary/aromatic N) is 1. The highest BCUT2D eigenvalue weighted by atomic mass is 35.5. The summed E-state index contributed by atoms with van der Waals surface area (Å²) in [5, 5.41) is 7.94. The van der Waals surface area contributed by atoms with Gasteiger partial charge < -0.3 is 4.42 Å². The number of nitrogens with one attached hydrogen (secondary N) is 1. The van der Waals surface area contributed by atoms with Crippen molar-refractivity contribution < 1.29 is 9.21 Å². The predicted molar refractivity (Wildman–Crippen MR) is 51.4 cm³/mol. The van der Waals surface area contributed by atoms with E-state index < -0.39 is 0 Å². The normalized spacial score (nSPS) is 10.7. The molecule has 0 amide bonds. The van der Waals surface area contributed by atoms with E-state index in [2.05, 4.69) is 0 Å². The van der Waals surface area contributed by atoms with Crippen LogP contribution in [0.15, 0.2) is 22.6 Å². The Labute approximate surface area is 84.2 Å². The summed E-state index contributed by atoms with van der Waals surface area (Å²) in [4.78, 5) is 11.2. The van der Waals surface area contributed by atoms with Gasteiger partial charge in [0.25, 0.3) is 0 Å². The fraction of sp³-hybridized carbons (Fsp3) is 0.111. The number of oxazole rings is 1. The standard InChI is InChI=1S/C9H7ClN2O2/c1-5(13)12-7-4-6(10)2-3-8(7)14-9(12)11/h2-4,11H,1H3. The third-order valence-corrected chi connectivity index (χ3v) is 2.12. The largest absolute Gasteiger partial charge is 0.423 e. The van der Waals surface area contributed by atoms with Gasteiger partial charge in [0.05, 0.1) is 5.52 Å². The van der Waals surface area contributed by atoms with Crippen LogP contribution in [0.4, 0.5) is 0 Å². The molecule has 0 saturated heterocycles. The molecule has 1 N–H and O–H groups in total. The fourth-order valence-corrected chi connectivity index (χ4v) is 1.49. The SMILES string of the molecule is CC(=O)n1c(=N)oc2ccc(Cl)cc21. The summed E-state index contributed by atoms with van der Waals surface area (Å²) in [6, 6.07) is 4.88. The molecule has 14 heavy (non-hydrogen) atoms. The lowest BCUT2D eigenvalue weighted by molar-refractivity contribution is 0.0931. The molecule has 0 aliphatic carbocycles. The zero-order valence-electron chi connectivity index (χ0n) is 7.37. The molecule has 2 rings (SSSR count). The van der Waals surface area contributed by atoms with Crippen molar-refractivity contribution in [3.05, 3.63) is 28.9 Å². The van der Waals surface area contributed by atoms with Crippen LogP contribution in [0.25, 0.3) is 11.1 Å². The molecule has 0 aliphatic heterocycles. The summed E-state index contributed by atoms with van der Waals surface area (Å²) in [7, 11) is 0. The van der Waals surface area contributed by atoms with Crippen molar-refractivity contribution in [2.45, 2.75) is 6.92 Å². The molecular formula is C9H7ClN2O2. The van der Waals surface area contributed by atoms with Gasteiger partial charge in [0, 0.05) is 11.9 Å². The molecule has 1 aromatic heterocycles. The molecule has 72 valence electrons. The first-order chi connectivity index (χ1) is 6.59. The van der Waals surface area contributed by atoms with Crippen LogP contribution >= 0.6 is 11.6 Å². The van der Waals surface area contributed by atoms with Crippen LogP contribution in [-0.2, 0) is 0 Å². The molecule has 1 heterocycles. The topological polar surface area (TPSA) is 59.0 Å². The monoisotopic (exact) mass is 210 g/mol. The summed E-state index contributed by atoms with van der Waals surface area (Å²) >= 11 is 5.78. The van der Waals surface area contributed by atoms with Crippen molar-refractivity contribution in [3.63, 3.8) is 0 Å². The summed E-state index contributed by atoms with van der Waals surface area (Å²) < 4.78 is 6.23. The number of fused-ring (bicyclic) bond motifs is 1. The Bertz CT molecular complexity index is 568. The molecule has 0 spiro atoms. The third-order valence-electron chi connectivity index (χ3n) is 1.89. The first-order valence-corrected chi connectivity index (χ1v) is 4.34. The van der Waals surface area contributed by atoms with E-state index in [1.54, 1.807) is 18.2 Å². The summed E-state index contributed by atoms with van der Waals surface area (Å²) in [6.07, 6.45) is 0. The molecule has 4 nitrogen and oxygen atoms in total. The highest BCUT2D eigenvalue weighted by molar-refractivity contribution is 6.31. The number of carbonyl (C=O) groups excluding carboxylic acids is 1. The summed E-state index contributed by atoms with van der Waals surface area (Å²) in [6.45, 7) is 1.37. The second kappa shape index (κ2) is 2.99. The van der Waals surface area contributed by atoms with Crippen LogP contribution in [0.2, 0.25) is 5.02 Å². The van der Waals surface area contributed by atoms with Crippen LogP contribution < -0.4 is 5.68 Å². The van der Waals surface area contributed by atoms with Crippen LogP contribution in [0.1, 0.15) is 11.7 Å². The van der Waals surface area contributed by atoms with Gasteiger partial charge in [-0.1, -0.05) is 11.6 Å². The first-order valence-electron chi connectivity index (χ1n) is 3.96. The van der Waals surface area contributed by atoms with Gasteiger partial charge in [-0.05, 0) is 18.2 Å². The van der Waals surface area contributed by atoms with Crippen molar-refractivity contribution in [1.29, 1.82) is 5.41 Å². The quantitative estimate of drug-likeness (QED) is 0.723. The van der Waals surface area contributed by atoms with Gasteiger partial charge in [0.2, 0.25) is 5.91 Å². The van der Waals surface area contributed by atoms with E-state index in [1.165, 1.54) is 11.5 Å². The minimum atomic E-state index is -0.268. The van der Waals surface area contributed by atoms with Crippen molar-refractivity contribution in [3.8, 4) is 0 Å². The van der Waals surface area contributed by atoms with E-state index >= 15 is 0 Å². The Balaban J connectivity index is 2.93. The number of hydrogen-bond donors (Lipinski definition) is 1. The number of carbonyl (C=O) groups is 1. The number of aromatic nitrogens is 1. The zero-order valence-corrected chi connectivity index (χ0v) is 8.13. The van der Waals surface area contributed by atoms with E-state index in [0.29, 0.717) is 16.1 Å². The molecule has 0 unspecified atom stereocenters. The predicted octanol–water partition coefficient (Wildman–Crippen LogP) is 2.03. The lowest BCUT2D eigenvalue weighted by Crippen LogP contribution is -2.19. The summed E-state index contributed by atoms with van der Waals surface area (Å²) in [5.74, 6) is -0.268. The number of hydrogen-bond acceptors (Lipinski definition) is 3. The average Bonchev–Trinajstić information content (AvgIpc) is 2.40. The van der Waals surface area contributed by atoms with E-state index in [4.69, 9.17) is 21.4 Å². The second-order valence-electron chi connectivity index (χ2n) is 2.87. The van der Waals surface area contributed by atoms with Gasteiger partial charge in [-0.3, -0.25) is 10.2 Å². The molecule has 1 aromatic carbocycles. The highest BCUT2D eigenvalue weighted by Crippen LogP contribution is 2.17. The maximum atomic E-state index is 11.2. The van der Waals surface area contributed by atoms with Crippen LogP contribution in [0, 0.1) is 5.41 Å². The fourth-order valence-electron chi connectivity index (χ4n) is 1.32. The Morgan fingerprint density at radius 3 is 2.93 bits per heavy atom.